The molecule has 2 N–H and O–H groups in total. The Morgan fingerprint density at radius 1 is 1.03 bits per heavy atom. The number of hydrazone groups is 1. The Morgan fingerprint density at radius 2 is 1.83 bits per heavy atom. The number of anilines is 1. The van der Waals surface area contributed by atoms with E-state index >= 15 is 0 Å². The largest absolute Gasteiger partial charge is 0.490 e. The molecule has 0 atom stereocenters. The van der Waals surface area contributed by atoms with E-state index in [1.54, 1.807) is 18.3 Å². The van der Waals surface area contributed by atoms with Gasteiger partial charge < -0.3 is 14.8 Å². The van der Waals surface area contributed by atoms with Gasteiger partial charge in [0.2, 0.25) is 0 Å². The fraction of sp³-hybridized carbons (Fsp3) is 0.231. The number of carbonyl (C=O) groups is 1. The molecule has 1 amide bonds. The molecule has 3 rings (SSSR count). The molecule has 0 heterocycles. The number of halogens is 3. The van der Waals surface area contributed by atoms with Crippen molar-refractivity contribution < 1.29 is 14.3 Å². The first-order valence-corrected chi connectivity index (χ1v) is 12.8. The van der Waals surface area contributed by atoms with Crippen molar-refractivity contribution in [2.75, 3.05) is 18.5 Å². The van der Waals surface area contributed by atoms with Crippen molar-refractivity contribution in [3.63, 3.8) is 0 Å². The molecule has 0 radical (unpaired) electrons. The van der Waals surface area contributed by atoms with E-state index in [9.17, 15) is 4.79 Å². The highest BCUT2D eigenvalue weighted by Gasteiger charge is 2.13. The van der Waals surface area contributed by atoms with Crippen LogP contribution in [0.5, 0.6) is 11.5 Å². The molecule has 0 bridgehead atoms. The van der Waals surface area contributed by atoms with Crippen LogP contribution in [0.2, 0.25) is 10.0 Å². The monoisotopic (exact) mass is 625 g/mol. The Labute approximate surface area is 229 Å². The third-order valence-electron chi connectivity index (χ3n) is 5.06. The molecule has 3 aromatic carbocycles. The lowest BCUT2D eigenvalue weighted by Crippen LogP contribution is -2.25. The van der Waals surface area contributed by atoms with E-state index in [-0.39, 0.29) is 12.5 Å². The summed E-state index contributed by atoms with van der Waals surface area (Å²) in [6, 6.07) is 15.1. The third kappa shape index (κ3) is 8.02. The van der Waals surface area contributed by atoms with Crippen molar-refractivity contribution in [2.24, 2.45) is 5.10 Å². The first kappa shape index (κ1) is 27.1. The summed E-state index contributed by atoms with van der Waals surface area (Å²) < 4.78 is 12.7. The molecule has 3 aromatic rings. The molecule has 0 aliphatic heterocycles. The maximum Gasteiger partial charge on any atom is 0.259 e. The van der Waals surface area contributed by atoms with Gasteiger partial charge in [-0.1, -0.05) is 35.3 Å². The predicted octanol–water partition coefficient (Wildman–Crippen LogP) is 6.75. The number of amides is 1. The molecule has 6 nitrogen and oxygen atoms in total. The summed E-state index contributed by atoms with van der Waals surface area (Å²) in [7, 11) is 0. The van der Waals surface area contributed by atoms with Gasteiger partial charge in [0.15, 0.2) is 11.5 Å². The van der Waals surface area contributed by atoms with Crippen molar-refractivity contribution >= 4 is 63.6 Å². The van der Waals surface area contributed by atoms with Gasteiger partial charge >= 0.3 is 0 Å². The molecular formula is C26H26Cl2IN3O3. The van der Waals surface area contributed by atoms with Gasteiger partial charge in [0, 0.05) is 5.69 Å². The normalized spacial score (nSPS) is 10.9. The summed E-state index contributed by atoms with van der Waals surface area (Å²) in [5.74, 6) is 0.960. The van der Waals surface area contributed by atoms with E-state index in [0.717, 1.165) is 25.9 Å². The summed E-state index contributed by atoms with van der Waals surface area (Å²) in [6.45, 7) is 6.88. The van der Waals surface area contributed by atoms with Gasteiger partial charge in [0.05, 0.1) is 33.0 Å². The van der Waals surface area contributed by atoms with Gasteiger partial charge in [-0.3, -0.25) is 4.79 Å². The average molecular weight is 626 g/mol. The number of nitrogens with zero attached hydrogens (tertiary/aromatic N) is 1. The number of nitrogens with one attached hydrogen (secondary N) is 2. The number of benzene rings is 3. The fourth-order valence-corrected chi connectivity index (χ4v) is 4.20. The summed E-state index contributed by atoms with van der Waals surface area (Å²) in [6.07, 6.45) is 1.57. The number of ether oxygens (including phenoxy) is 2. The van der Waals surface area contributed by atoms with Crippen LogP contribution >= 0.6 is 45.8 Å². The van der Waals surface area contributed by atoms with Gasteiger partial charge in [-0.2, -0.15) is 5.10 Å². The van der Waals surface area contributed by atoms with Crippen LogP contribution in [-0.4, -0.2) is 25.3 Å². The minimum atomic E-state index is -0.249. The van der Waals surface area contributed by atoms with E-state index in [0.29, 0.717) is 34.8 Å². The molecule has 0 aromatic heterocycles. The average Bonchev–Trinajstić information content (AvgIpc) is 2.82. The van der Waals surface area contributed by atoms with Crippen LogP contribution in [0.4, 0.5) is 5.69 Å². The lowest BCUT2D eigenvalue weighted by molar-refractivity contribution is -0.119. The van der Waals surface area contributed by atoms with Gasteiger partial charge in [-0.15, -0.1) is 0 Å². The molecular weight excluding hydrogens is 600 g/mol. The zero-order valence-electron chi connectivity index (χ0n) is 19.6. The van der Waals surface area contributed by atoms with Crippen LogP contribution in [0.1, 0.15) is 29.2 Å². The number of rotatable bonds is 10. The van der Waals surface area contributed by atoms with Gasteiger partial charge in [0.1, 0.15) is 6.61 Å². The Bertz CT molecular complexity index is 1230. The van der Waals surface area contributed by atoms with Crippen LogP contribution in [0.25, 0.3) is 0 Å². The molecule has 0 spiro atoms. The number of aryl methyl sites for hydroxylation is 2. The summed E-state index contributed by atoms with van der Waals surface area (Å²) in [5.41, 5.74) is 7.45. The van der Waals surface area contributed by atoms with E-state index in [2.05, 4.69) is 38.4 Å². The van der Waals surface area contributed by atoms with Crippen LogP contribution < -0.4 is 20.2 Å². The lowest BCUT2D eigenvalue weighted by Gasteiger charge is -2.15. The SMILES string of the molecule is CCOc1cc(/C=N\NC(=O)CNc2ccc(C)c(C)c2)cc(I)c1OCc1ccc(Cl)c(Cl)c1. The molecule has 0 unspecified atom stereocenters. The van der Waals surface area contributed by atoms with Crippen LogP contribution in [0, 0.1) is 17.4 Å². The van der Waals surface area contributed by atoms with Crippen LogP contribution in [0.3, 0.4) is 0 Å². The topological polar surface area (TPSA) is 72.0 Å². The number of carbonyl (C=O) groups excluding carboxylic acids is 1. The highest BCUT2D eigenvalue weighted by atomic mass is 127. The zero-order chi connectivity index (χ0) is 25.4. The zero-order valence-corrected chi connectivity index (χ0v) is 23.3. The van der Waals surface area contributed by atoms with Crippen LogP contribution in [-0.2, 0) is 11.4 Å². The van der Waals surface area contributed by atoms with Gasteiger partial charge in [-0.05, 0) is 102 Å². The summed E-state index contributed by atoms with van der Waals surface area (Å²) in [5, 5.41) is 8.15. The van der Waals surface area contributed by atoms with E-state index < -0.39 is 0 Å². The van der Waals surface area contributed by atoms with Crippen molar-refractivity contribution in [3.8, 4) is 11.5 Å². The van der Waals surface area contributed by atoms with Crippen molar-refractivity contribution in [2.45, 2.75) is 27.4 Å². The third-order valence-corrected chi connectivity index (χ3v) is 6.60. The van der Waals surface area contributed by atoms with Crippen molar-refractivity contribution in [3.05, 3.63) is 84.4 Å². The maximum atomic E-state index is 12.2. The van der Waals surface area contributed by atoms with Gasteiger partial charge in [0.25, 0.3) is 5.91 Å². The Hall–Kier alpha value is -2.49. The second kappa shape index (κ2) is 13.0. The highest BCUT2D eigenvalue weighted by Crippen LogP contribution is 2.35. The molecule has 0 fully saturated rings. The second-order valence-corrected chi connectivity index (χ2v) is 9.72. The molecule has 0 aliphatic carbocycles. The van der Waals surface area contributed by atoms with Gasteiger partial charge in [-0.25, -0.2) is 5.43 Å². The molecule has 0 saturated carbocycles. The van der Waals surface area contributed by atoms with Crippen molar-refractivity contribution in [1.29, 1.82) is 0 Å². The fourth-order valence-electron chi connectivity index (χ4n) is 3.10. The first-order chi connectivity index (χ1) is 16.8. The lowest BCUT2D eigenvalue weighted by atomic mass is 10.1. The molecule has 184 valence electrons. The van der Waals surface area contributed by atoms with Crippen molar-refractivity contribution in [1.82, 2.24) is 5.43 Å². The number of hydrogen-bond donors (Lipinski definition) is 2. The van der Waals surface area contributed by atoms with E-state index in [1.807, 2.05) is 57.2 Å². The predicted molar refractivity (Wildman–Crippen MR) is 151 cm³/mol. The van der Waals surface area contributed by atoms with Crippen LogP contribution in [0.15, 0.2) is 53.6 Å². The summed E-state index contributed by atoms with van der Waals surface area (Å²) >= 11 is 14.3. The molecule has 9 heteroatoms. The smallest absolute Gasteiger partial charge is 0.259 e. The summed E-state index contributed by atoms with van der Waals surface area (Å²) in [4.78, 5) is 12.2. The minimum absolute atomic E-state index is 0.114. The van der Waals surface area contributed by atoms with E-state index in [4.69, 9.17) is 32.7 Å². The first-order valence-electron chi connectivity index (χ1n) is 10.9. The van der Waals surface area contributed by atoms with E-state index in [1.165, 1.54) is 5.56 Å². The highest BCUT2D eigenvalue weighted by molar-refractivity contribution is 14.1. The quantitative estimate of drug-likeness (QED) is 0.148. The Balaban J connectivity index is 1.61. The standard InChI is InChI=1S/C26H26Cl2IN3O3/c1-4-34-24-12-19(11-23(29)26(24)35-15-18-6-8-21(27)22(28)10-18)13-31-32-25(33)14-30-20-7-5-16(2)17(3)9-20/h5-13,30H,4,14-15H2,1-3H3,(H,32,33)/b31-13-. The maximum absolute atomic E-state index is 12.2. The molecule has 0 saturated heterocycles. The number of hydrogen-bond acceptors (Lipinski definition) is 5. The second-order valence-electron chi connectivity index (χ2n) is 7.75. The molecule has 0 aliphatic rings. The minimum Gasteiger partial charge on any atom is -0.490 e. The Morgan fingerprint density at radius 3 is 2.54 bits per heavy atom. The Kier molecular flexibility index (Phi) is 10.1. The molecule has 35 heavy (non-hydrogen) atoms.